The van der Waals surface area contributed by atoms with Crippen LogP contribution in [0.25, 0.3) is 0 Å². The van der Waals surface area contributed by atoms with E-state index in [4.69, 9.17) is 22.1 Å². The maximum atomic E-state index is 14.3. The van der Waals surface area contributed by atoms with Gasteiger partial charge in [0.25, 0.3) is 0 Å². The van der Waals surface area contributed by atoms with Gasteiger partial charge in [0.05, 0.1) is 12.1 Å². The number of nitrogens with zero attached hydrogens (tertiary/aromatic N) is 3. The molecular weight excluding hydrogens is 426 g/mol. The predicted molar refractivity (Wildman–Crippen MR) is 120 cm³/mol. The average Bonchev–Trinajstić information content (AvgIpc) is 3.30. The molecule has 0 bridgehead atoms. The van der Waals surface area contributed by atoms with Gasteiger partial charge in [-0.2, -0.15) is 5.26 Å². The molecule has 8 heteroatoms. The van der Waals surface area contributed by atoms with Crippen molar-refractivity contribution in [1.82, 2.24) is 10.2 Å². The third-order valence-electron chi connectivity index (χ3n) is 6.07. The van der Waals surface area contributed by atoms with Crippen molar-refractivity contribution in [2.45, 2.75) is 31.7 Å². The smallest absolute Gasteiger partial charge is 0.248 e. The number of amides is 1. The summed E-state index contributed by atoms with van der Waals surface area (Å²) in [6.45, 7) is 4.30. The SMILES string of the molecule is CC(C)c1[nH]nc2c1C1(C(=O)N(Cc3ccc(Cl)cc3)c3ccccc31)C(C#N)=C(N)O2. The van der Waals surface area contributed by atoms with Gasteiger partial charge in [-0.05, 0) is 29.7 Å². The highest BCUT2D eigenvalue weighted by Crippen LogP contribution is 2.56. The number of carbonyl (C=O) groups is 1. The van der Waals surface area contributed by atoms with Gasteiger partial charge in [0.15, 0.2) is 0 Å². The normalized spacial score (nSPS) is 19.2. The highest BCUT2D eigenvalue weighted by atomic mass is 35.5. The minimum absolute atomic E-state index is 0.0104. The standard InChI is InChI=1S/C24H20ClN5O2/c1-13(2)20-19-22(29-28-20)32-21(27)17(11-26)24(19)16-5-3-4-6-18(16)30(23(24)31)12-14-7-9-15(25)10-8-14/h3-10,13H,12,27H2,1-2H3,(H,28,29). The Hall–Kier alpha value is -3.76. The largest absolute Gasteiger partial charge is 0.420 e. The van der Waals surface area contributed by atoms with Crippen molar-refractivity contribution in [2.75, 3.05) is 4.90 Å². The van der Waals surface area contributed by atoms with Crippen LogP contribution < -0.4 is 15.4 Å². The summed E-state index contributed by atoms with van der Waals surface area (Å²) in [5.74, 6) is -0.141. The van der Waals surface area contributed by atoms with Gasteiger partial charge in [-0.15, -0.1) is 5.10 Å². The predicted octanol–water partition coefficient (Wildman–Crippen LogP) is 4.11. The molecule has 32 heavy (non-hydrogen) atoms. The number of hydrogen-bond donors (Lipinski definition) is 2. The summed E-state index contributed by atoms with van der Waals surface area (Å²) in [6, 6.07) is 17.0. The van der Waals surface area contributed by atoms with Crippen molar-refractivity contribution in [3.8, 4) is 11.9 Å². The molecule has 1 amide bonds. The van der Waals surface area contributed by atoms with Gasteiger partial charge in [0.2, 0.25) is 17.7 Å². The Morgan fingerprint density at radius 1 is 1.25 bits per heavy atom. The van der Waals surface area contributed by atoms with Gasteiger partial charge in [-0.25, -0.2) is 0 Å². The van der Waals surface area contributed by atoms with Gasteiger partial charge in [-0.1, -0.05) is 55.8 Å². The number of fused-ring (bicyclic) bond motifs is 4. The maximum Gasteiger partial charge on any atom is 0.248 e. The van der Waals surface area contributed by atoms with E-state index in [0.29, 0.717) is 22.7 Å². The molecular formula is C24H20ClN5O2. The molecule has 2 aliphatic heterocycles. The van der Waals surface area contributed by atoms with Gasteiger partial charge in [0, 0.05) is 22.0 Å². The van der Waals surface area contributed by atoms with E-state index in [1.54, 1.807) is 17.0 Å². The molecule has 0 saturated heterocycles. The third-order valence-corrected chi connectivity index (χ3v) is 6.32. The molecule has 3 aromatic rings. The van der Waals surface area contributed by atoms with Gasteiger partial charge < -0.3 is 15.4 Å². The lowest BCUT2D eigenvalue weighted by Crippen LogP contribution is -2.46. The molecule has 1 atom stereocenters. The first-order chi connectivity index (χ1) is 15.4. The number of halogens is 1. The number of nitrogens with two attached hydrogens (primary N) is 1. The maximum absolute atomic E-state index is 14.3. The molecule has 1 spiro atoms. The fourth-order valence-corrected chi connectivity index (χ4v) is 4.79. The number of ether oxygens (including phenoxy) is 1. The van der Waals surface area contributed by atoms with Crippen LogP contribution in [0.15, 0.2) is 60.0 Å². The van der Waals surface area contributed by atoms with E-state index in [9.17, 15) is 10.1 Å². The van der Waals surface area contributed by atoms with Crippen LogP contribution in [0.4, 0.5) is 5.69 Å². The molecule has 5 rings (SSSR count). The van der Waals surface area contributed by atoms with E-state index in [-0.39, 0.29) is 29.2 Å². The number of anilines is 1. The molecule has 0 fully saturated rings. The van der Waals surface area contributed by atoms with Crippen molar-refractivity contribution in [1.29, 1.82) is 5.26 Å². The van der Waals surface area contributed by atoms with Crippen LogP contribution in [0, 0.1) is 11.3 Å². The third kappa shape index (κ3) is 2.60. The molecule has 7 nitrogen and oxygen atoms in total. The van der Waals surface area contributed by atoms with Crippen molar-refractivity contribution < 1.29 is 9.53 Å². The van der Waals surface area contributed by atoms with Crippen molar-refractivity contribution in [2.24, 2.45) is 5.73 Å². The van der Waals surface area contributed by atoms with E-state index >= 15 is 0 Å². The Kier molecular flexibility index (Phi) is 4.50. The zero-order valence-corrected chi connectivity index (χ0v) is 18.3. The number of H-pyrrole nitrogens is 1. The summed E-state index contributed by atoms with van der Waals surface area (Å²) in [4.78, 5) is 16.0. The summed E-state index contributed by atoms with van der Waals surface area (Å²) in [7, 11) is 0. The zero-order chi connectivity index (χ0) is 22.6. The Balaban J connectivity index is 1.79. The molecule has 2 aromatic carbocycles. The van der Waals surface area contributed by atoms with E-state index in [2.05, 4.69) is 16.3 Å². The number of aromatic amines is 1. The van der Waals surface area contributed by atoms with E-state index < -0.39 is 5.41 Å². The topological polar surface area (TPSA) is 108 Å². The lowest BCUT2D eigenvalue weighted by molar-refractivity contribution is -0.121. The molecule has 0 aliphatic carbocycles. The minimum Gasteiger partial charge on any atom is -0.420 e. The van der Waals surface area contributed by atoms with E-state index in [0.717, 1.165) is 16.9 Å². The zero-order valence-electron chi connectivity index (χ0n) is 17.5. The average molecular weight is 446 g/mol. The van der Waals surface area contributed by atoms with E-state index in [1.807, 2.05) is 50.2 Å². The summed E-state index contributed by atoms with van der Waals surface area (Å²) in [5.41, 5.74) is 8.42. The number of aromatic nitrogens is 2. The summed E-state index contributed by atoms with van der Waals surface area (Å²) < 4.78 is 5.69. The quantitative estimate of drug-likeness (QED) is 0.630. The molecule has 3 heterocycles. The highest BCUT2D eigenvalue weighted by Gasteiger charge is 2.61. The van der Waals surface area contributed by atoms with E-state index in [1.165, 1.54) is 0 Å². The van der Waals surface area contributed by atoms with Gasteiger partial charge in [-0.3, -0.25) is 9.89 Å². The second kappa shape index (κ2) is 7.14. The fraction of sp³-hybridized carbons (Fsp3) is 0.208. The van der Waals surface area contributed by atoms with Crippen LogP contribution in [0.1, 0.15) is 42.1 Å². The first-order valence-corrected chi connectivity index (χ1v) is 10.6. The van der Waals surface area contributed by atoms with Crippen molar-refractivity contribution in [3.63, 3.8) is 0 Å². The molecule has 3 N–H and O–H groups in total. The fourth-order valence-electron chi connectivity index (χ4n) is 4.66. The summed E-state index contributed by atoms with van der Waals surface area (Å²) >= 11 is 6.04. The van der Waals surface area contributed by atoms with Crippen molar-refractivity contribution in [3.05, 3.63) is 87.4 Å². The number of rotatable bonds is 3. The Morgan fingerprint density at radius 2 is 1.97 bits per heavy atom. The number of benzene rings is 2. The molecule has 1 unspecified atom stereocenters. The number of nitrogens with one attached hydrogen (secondary N) is 1. The lowest BCUT2D eigenvalue weighted by Gasteiger charge is -2.33. The molecule has 0 saturated carbocycles. The Morgan fingerprint density at radius 3 is 2.66 bits per heavy atom. The second-order valence-corrected chi connectivity index (χ2v) is 8.65. The number of hydrogen-bond acceptors (Lipinski definition) is 5. The van der Waals surface area contributed by atoms with Crippen LogP contribution >= 0.6 is 11.6 Å². The second-order valence-electron chi connectivity index (χ2n) is 8.21. The summed E-state index contributed by atoms with van der Waals surface area (Å²) in [6.07, 6.45) is 0. The molecule has 160 valence electrons. The number of nitriles is 1. The van der Waals surface area contributed by atoms with Crippen LogP contribution in [0.3, 0.4) is 0 Å². The Bertz CT molecular complexity index is 1320. The summed E-state index contributed by atoms with van der Waals surface area (Å²) in [5, 5.41) is 18.1. The van der Waals surface area contributed by atoms with Crippen molar-refractivity contribution >= 4 is 23.2 Å². The first-order valence-electron chi connectivity index (χ1n) is 10.2. The van der Waals surface area contributed by atoms with Crippen LogP contribution in [-0.2, 0) is 16.8 Å². The highest BCUT2D eigenvalue weighted by molar-refractivity contribution is 6.30. The number of carbonyl (C=O) groups excluding carboxylic acids is 1. The molecule has 2 aliphatic rings. The Labute approximate surface area is 190 Å². The monoisotopic (exact) mass is 445 g/mol. The molecule has 1 aromatic heterocycles. The minimum atomic E-state index is -1.43. The van der Waals surface area contributed by atoms with Gasteiger partial charge in [0.1, 0.15) is 17.1 Å². The van der Waals surface area contributed by atoms with Crippen LogP contribution in [0.2, 0.25) is 5.02 Å². The van der Waals surface area contributed by atoms with Gasteiger partial charge >= 0.3 is 0 Å². The van der Waals surface area contributed by atoms with Crippen LogP contribution in [-0.4, -0.2) is 16.1 Å². The lowest BCUT2D eigenvalue weighted by atomic mass is 9.68. The van der Waals surface area contributed by atoms with Crippen LogP contribution in [0.5, 0.6) is 5.88 Å². The molecule has 0 radical (unpaired) electrons. The number of para-hydroxylation sites is 1. The first kappa shape index (κ1) is 20.2.